The summed E-state index contributed by atoms with van der Waals surface area (Å²) in [6.07, 6.45) is 1.58. The van der Waals surface area contributed by atoms with Crippen molar-refractivity contribution >= 4 is 16.5 Å². The Morgan fingerprint density at radius 3 is 3.00 bits per heavy atom. The lowest BCUT2D eigenvalue weighted by atomic mass is 10.5. The molecule has 1 aliphatic rings. The summed E-state index contributed by atoms with van der Waals surface area (Å²) < 4.78 is 5.22. The lowest BCUT2D eigenvalue weighted by molar-refractivity contribution is -0.496. The lowest BCUT2D eigenvalue weighted by Gasteiger charge is -2.25. The van der Waals surface area contributed by atoms with Crippen LogP contribution in [0.1, 0.15) is 4.88 Å². The highest BCUT2D eigenvalue weighted by molar-refractivity contribution is 7.15. The third kappa shape index (κ3) is 2.63. The highest BCUT2D eigenvalue weighted by Gasteiger charge is 2.15. The molecule has 1 aliphatic heterocycles. The summed E-state index contributed by atoms with van der Waals surface area (Å²) in [5, 5.41) is 11.2. The minimum Gasteiger partial charge on any atom is -0.378 e. The number of thiazole rings is 1. The van der Waals surface area contributed by atoms with Crippen LogP contribution in [-0.4, -0.2) is 36.2 Å². The molecule has 1 aromatic heterocycles. The summed E-state index contributed by atoms with van der Waals surface area (Å²) in [7, 11) is 0. The van der Waals surface area contributed by atoms with Gasteiger partial charge >= 0.3 is 0 Å². The average molecular weight is 229 g/mol. The fourth-order valence-corrected chi connectivity index (χ4v) is 2.33. The van der Waals surface area contributed by atoms with E-state index in [2.05, 4.69) is 9.88 Å². The molecule has 1 saturated heterocycles. The molecule has 0 bridgehead atoms. The zero-order valence-electron chi connectivity index (χ0n) is 8.09. The second-order valence-corrected chi connectivity index (χ2v) is 4.29. The highest BCUT2D eigenvalue weighted by Crippen LogP contribution is 2.23. The fourth-order valence-electron chi connectivity index (χ4n) is 1.40. The Labute approximate surface area is 90.6 Å². The van der Waals surface area contributed by atoms with Crippen LogP contribution in [0.4, 0.5) is 5.13 Å². The minimum atomic E-state index is -0.337. The molecule has 0 saturated carbocycles. The van der Waals surface area contributed by atoms with Gasteiger partial charge in [0.25, 0.3) is 0 Å². The molecule has 0 radical (unpaired) electrons. The largest absolute Gasteiger partial charge is 0.378 e. The zero-order valence-corrected chi connectivity index (χ0v) is 8.90. The third-order valence-electron chi connectivity index (χ3n) is 2.11. The minimum absolute atomic E-state index is 0.137. The normalized spacial score (nSPS) is 16.7. The van der Waals surface area contributed by atoms with Gasteiger partial charge in [0.05, 0.1) is 18.1 Å². The van der Waals surface area contributed by atoms with Crippen molar-refractivity contribution in [2.75, 3.05) is 31.2 Å². The molecule has 0 unspecified atom stereocenters. The van der Waals surface area contributed by atoms with Gasteiger partial charge in [-0.3, -0.25) is 10.1 Å². The standard InChI is InChI=1S/C8H11N3O3S/c12-11(13)6-7-5-9-8(15-7)10-1-3-14-4-2-10/h5H,1-4,6H2. The molecule has 6 nitrogen and oxygen atoms in total. The third-order valence-corrected chi connectivity index (χ3v) is 3.15. The van der Waals surface area contributed by atoms with Gasteiger partial charge in [-0.05, 0) is 0 Å². The van der Waals surface area contributed by atoms with E-state index >= 15 is 0 Å². The molecule has 0 atom stereocenters. The molecule has 82 valence electrons. The zero-order chi connectivity index (χ0) is 10.7. The predicted octanol–water partition coefficient (Wildman–Crippen LogP) is 0.756. The van der Waals surface area contributed by atoms with Gasteiger partial charge in [-0.2, -0.15) is 0 Å². The summed E-state index contributed by atoms with van der Waals surface area (Å²) in [4.78, 5) is 16.9. The Morgan fingerprint density at radius 1 is 1.60 bits per heavy atom. The van der Waals surface area contributed by atoms with E-state index in [4.69, 9.17) is 4.74 Å². The second kappa shape index (κ2) is 4.54. The van der Waals surface area contributed by atoms with Crippen molar-refractivity contribution in [3.8, 4) is 0 Å². The number of nitro groups is 1. The Balaban J connectivity index is 2.02. The van der Waals surface area contributed by atoms with E-state index < -0.39 is 0 Å². The van der Waals surface area contributed by atoms with Crippen LogP contribution in [0.3, 0.4) is 0 Å². The van der Waals surface area contributed by atoms with Crippen LogP contribution in [-0.2, 0) is 11.3 Å². The van der Waals surface area contributed by atoms with Gasteiger partial charge < -0.3 is 9.64 Å². The summed E-state index contributed by atoms with van der Waals surface area (Å²) in [5.41, 5.74) is 0. The summed E-state index contributed by atoms with van der Waals surface area (Å²) in [6, 6.07) is 0. The molecular weight excluding hydrogens is 218 g/mol. The second-order valence-electron chi connectivity index (χ2n) is 3.20. The number of ether oxygens (including phenoxy) is 1. The van der Waals surface area contributed by atoms with Crippen LogP contribution in [0.15, 0.2) is 6.20 Å². The maximum atomic E-state index is 10.3. The molecule has 0 aliphatic carbocycles. The number of hydrogen-bond donors (Lipinski definition) is 0. The van der Waals surface area contributed by atoms with Gasteiger partial charge in [-0.1, -0.05) is 11.3 Å². The van der Waals surface area contributed by atoms with Crippen LogP contribution >= 0.6 is 11.3 Å². The summed E-state index contributed by atoms with van der Waals surface area (Å²) >= 11 is 1.39. The van der Waals surface area contributed by atoms with Crippen LogP contribution in [0.5, 0.6) is 0 Å². The number of nitrogens with zero attached hydrogens (tertiary/aromatic N) is 3. The average Bonchev–Trinajstić information content (AvgIpc) is 2.67. The van der Waals surface area contributed by atoms with Crippen molar-refractivity contribution in [1.82, 2.24) is 4.98 Å². The topological polar surface area (TPSA) is 68.5 Å². The van der Waals surface area contributed by atoms with Crippen molar-refractivity contribution in [2.45, 2.75) is 6.54 Å². The maximum absolute atomic E-state index is 10.3. The van der Waals surface area contributed by atoms with Gasteiger partial charge in [0.2, 0.25) is 6.54 Å². The van der Waals surface area contributed by atoms with Crippen LogP contribution < -0.4 is 4.90 Å². The molecule has 0 aromatic carbocycles. The van der Waals surface area contributed by atoms with E-state index in [1.54, 1.807) is 6.20 Å². The van der Waals surface area contributed by atoms with Crippen molar-refractivity contribution in [1.29, 1.82) is 0 Å². The van der Waals surface area contributed by atoms with Crippen LogP contribution in [0.25, 0.3) is 0 Å². The molecule has 0 amide bonds. The number of aromatic nitrogens is 1. The van der Waals surface area contributed by atoms with Crippen molar-refractivity contribution in [2.24, 2.45) is 0 Å². The van der Waals surface area contributed by atoms with Crippen molar-refractivity contribution in [3.63, 3.8) is 0 Å². The van der Waals surface area contributed by atoms with E-state index in [1.807, 2.05) is 0 Å². The Kier molecular flexibility index (Phi) is 3.12. The van der Waals surface area contributed by atoms with Gasteiger partial charge in [-0.25, -0.2) is 4.98 Å². The molecule has 0 spiro atoms. The van der Waals surface area contributed by atoms with Gasteiger partial charge in [0, 0.05) is 24.2 Å². The SMILES string of the molecule is O=[N+]([O-])Cc1cnc(N2CCOCC2)s1. The quantitative estimate of drug-likeness (QED) is 0.565. The van der Waals surface area contributed by atoms with Gasteiger partial charge in [0.1, 0.15) is 0 Å². The predicted molar refractivity (Wildman–Crippen MR) is 55.8 cm³/mol. The first-order valence-corrected chi connectivity index (χ1v) is 5.46. The van der Waals surface area contributed by atoms with E-state index in [9.17, 15) is 10.1 Å². The Morgan fingerprint density at radius 2 is 2.33 bits per heavy atom. The fraction of sp³-hybridized carbons (Fsp3) is 0.625. The summed E-state index contributed by atoms with van der Waals surface area (Å²) in [5.74, 6) is 0. The molecule has 0 N–H and O–H groups in total. The number of hydrogen-bond acceptors (Lipinski definition) is 6. The summed E-state index contributed by atoms with van der Waals surface area (Å²) in [6.45, 7) is 2.88. The number of rotatable bonds is 3. The molecule has 1 fully saturated rings. The van der Waals surface area contributed by atoms with E-state index in [0.717, 1.165) is 18.2 Å². The van der Waals surface area contributed by atoms with E-state index in [1.165, 1.54) is 11.3 Å². The van der Waals surface area contributed by atoms with Crippen molar-refractivity contribution in [3.05, 3.63) is 21.2 Å². The maximum Gasteiger partial charge on any atom is 0.239 e. The molecule has 15 heavy (non-hydrogen) atoms. The van der Waals surface area contributed by atoms with Gasteiger partial charge in [0.15, 0.2) is 5.13 Å². The van der Waals surface area contributed by atoms with Crippen LogP contribution in [0.2, 0.25) is 0 Å². The Bertz CT molecular complexity index is 349. The van der Waals surface area contributed by atoms with E-state index in [0.29, 0.717) is 18.1 Å². The number of morpholine rings is 1. The van der Waals surface area contributed by atoms with Gasteiger partial charge in [-0.15, -0.1) is 0 Å². The first-order chi connectivity index (χ1) is 7.25. The molecule has 2 rings (SSSR count). The first-order valence-electron chi connectivity index (χ1n) is 4.65. The molecule has 1 aromatic rings. The molecular formula is C8H11N3O3S. The molecule has 7 heteroatoms. The monoisotopic (exact) mass is 229 g/mol. The molecule has 2 heterocycles. The van der Waals surface area contributed by atoms with Crippen LogP contribution in [0, 0.1) is 10.1 Å². The van der Waals surface area contributed by atoms with E-state index in [-0.39, 0.29) is 11.5 Å². The highest BCUT2D eigenvalue weighted by atomic mass is 32.1. The first kappa shape index (κ1) is 10.3. The number of anilines is 1. The van der Waals surface area contributed by atoms with Crippen molar-refractivity contribution < 1.29 is 9.66 Å². The lowest BCUT2D eigenvalue weighted by Crippen LogP contribution is -2.36. The Hall–Kier alpha value is -1.21. The smallest absolute Gasteiger partial charge is 0.239 e.